The molecule has 0 saturated carbocycles. The van der Waals surface area contributed by atoms with Crippen molar-refractivity contribution in [2.24, 2.45) is 5.92 Å². The van der Waals surface area contributed by atoms with E-state index in [1.54, 1.807) is 0 Å². The van der Waals surface area contributed by atoms with Gasteiger partial charge in [0, 0.05) is 12.1 Å². The summed E-state index contributed by atoms with van der Waals surface area (Å²) >= 11 is 0. The fourth-order valence-electron chi connectivity index (χ4n) is 2.51. The van der Waals surface area contributed by atoms with Gasteiger partial charge in [-0.25, -0.2) is 0 Å². The highest BCUT2D eigenvalue weighted by Crippen LogP contribution is 2.19. The molecule has 0 aliphatic heterocycles. The summed E-state index contributed by atoms with van der Waals surface area (Å²) in [6.45, 7) is 11.3. The summed E-state index contributed by atoms with van der Waals surface area (Å²) in [5.74, 6) is 0.825. The van der Waals surface area contributed by atoms with E-state index in [1.807, 2.05) is 0 Å². The zero-order valence-corrected chi connectivity index (χ0v) is 13.4. The normalized spacial score (nSPS) is 14.6. The van der Waals surface area contributed by atoms with Crippen molar-refractivity contribution >= 4 is 0 Å². The van der Waals surface area contributed by atoms with Crippen LogP contribution in [0.25, 0.3) is 0 Å². The highest BCUT2D eigenvalue weighted by atomic mass is 14.9. The van der Waals surface area contributed by atoms with Crippen LogP contribution in [0.1, 0.15) is 70.5 Å². The molecule has 0 aliphatic carbocycles. The number of hydrogen-bond donors (Lipinski definition) is 1. The fraction of sp³-hybridized carbons (Fsp3) is 0.667. The van der Waals surface area contributed by atoms with E-state index in [0.29, 0.717) is 12.1 Å². The summed E-state index contributed by atoms with van der Waals surface area (Å²) in [7, 11) is 0. The second-order valence-electron chi connectivity index (χ2n) is 6.26. The van der Waals surface area contributed by atoms with Gasteiger partial charge < -0.3 is 5.32 Å². The maximum Gasteiger partial charge on any atom is 0.0319 e. The molecule has 19 heavy (non-hydrogen) atoms. The summed E-state index contributed by atoms with van der Waals surface area (Å²) in [5.41, 5.74) is 2.76. The van der Waals surface area contributed by atoms with E-state index < -0.39 is 0 Å². The maximum atomic E-state index is 3.78. The molecule has 1 nitrogen and oxygen atoms in total. The van der Waals surface area contributed by atoms with Crippen LogP contribution >= 0.6 is 0 Å². The van der Waals surface area contributed by atoms with Crippen LogP contribution < -0.4 is 5.32 Å². The van der Waals surface area contributed by atoms with Crippen molar-refractivity contribution in [3.05, 3.63) is 35.4 Å². The predicted molar refractivity (Wildman–Crippen MR) is 85.5 cm³/mol. The third-order valence-electron chi connectivity index (χ3n) is 3.79. The second kappa shape index (κ2) is 8.37. The smallest absolute Gasteiger partial charge is 0.0319 e. The van der Waals surface area contributed by atoms with Crippen molar-refractivity contribution in [1.29, 1.82) is 0 Å². The topological polar surface area (TPSA) is 12.0 Å². The molecule has 2 atom stereocenters. The van der Waals surface area contributed by atoms with Gasteiger partial charge in [-0.05, 0) is 38.2 Å². The lowest BCUT2D eigenvalue weighted by molar-refractivity contribution is 0.404. The molecule has 1 aromatic rings. The summed E-state index contributed by atoms with van der Waals surface area (Å²) in [6.07, 6.45) is 5.10. The molecule has 0 bridgehead atoms. The van der Waals surface area contributed by atoms with Gasteiger partial charge in [-0.2, -0.15) is 0 Å². The van der Waals surface area contributed by atoms with Crippen molar-refractivity contribution in [2.75, 3.05) is 0 Å². The van der Waals surface area contributed by atoms with Crippen LogP contribution in [0.3, 0.4) is 0 Å². The first kappa shape index (κ1) is 16.2. The molecule has 0 radical (unpaired) electrons. The molecular weight excluding hydrogens is 230 g/mol. The molecule has 1 heteroatoms. The Balaban J connectivity index is 2.45. The van der Waals surface area contributed by atoms with Gasteiger partial charge in [0.15, 0.2) is 0 Å². The van der Waals surface area contributed by atoms with Gasteiger partial charge in [0.25, 0.3) is 0 Å². The van der Waals surface area contributed by atoms with Crippen LogP contribution in [0, 0.1) is 12.8 Å². The minimum absolute atomic E-state index is 0.495. The molecule has 0 saturated heterocycles. The lowest BCUT2D eigenvalue weighted by Gasteiger charge is -2.23. The first-order chi connectivity index (χ1) is 9.02. The van der Waals surface area contributed by atoms with Gasteiger partial charge in [-0.15, -0.1) is 0 Å². The van der Waals surface area contributed by atoms with Crippen LogP contribution in [-0.2, 0) is 0 Å². The first-order valence-corrected chi connectivity index (χ1v) is 7.85. The van der Waals surface area contributed by atoms with Gasteiger partial charge in [0.05, 0.1) is 0 Å². The Morgan fingerprint density at radius 3 is 2.16 bits per heavy atom. The number of hydrogen-bond acceptors (Lipinski definition) is 1. The van der Waals surface area contributed by atoms with E-state index >= 15 is 0 Å². The summed E-state index contributed by atoms with van der Waals surface area (Å²) in [5, 5.41) is 3.78. The molecule has 1 rings (SSSR count). The standard InChI is InChI=1S/C18H31N/c1-6-18(17-12-10-15(4)11-13-17)19-16(5)9-7-8-14(2)3/h10-14,16,18-19H,6-9H2,1-5H3. The Morgan fingerprint density at radius 2 is 1.63 bits per heavy atom. The highest BCUT2D eigenvalue weighted by molar-refractivity contribution is 5.24. The predicted octanol–water partition coefficient (Wildman–Crippen LogP) is 5.25. The lowest BCUT2D eigenvalue weighted by Crippen LogP contribution is -2.30. The van der Waals surface area contributed by atoms with Crippen LogP contribution in [0.5, 0.6) is 0 Å². The van der Waals surface area contributed by atoms with E-state index in [9.17, 15) is 0 Å². The number of rotatable bonds is 8. The zero-order valence-electron chi connectivity index (χ0n) is 13.4. The molecule has 0 heterocycles. The summed E-state index contributed by atoms with van der Waals surface area (Å²) in [4.78, 5) is 0. The Kier molecular flexibility index (Phi) is 7.15. The van der Waals surface area contributed by atoms with Gasteiger partial charge in [0.1, 0.15) is 0 Å². The lowest BCUT2D eigenvalue weighted by atomic mass is 10.00. The van der Waals surface area contributed by atoms with Gasteiger partial charge in [-0.1, -0.05) is 63.4 Å². The van der Waals surface area contributed by atoms with Gasteiger partial charge in [0.2, 0.25) is 0 Å². The Bertz CT molecular complexity index is 339. The number of nitrogens with one attached hydrogen (secondary N) is 1. The average Bonchev–Trinajstić information content (AvgIpc) is 2.36. The largest absolute Gasteiger partial charge is 0.307 e. The number of benzene rings is 1. The van der Waals surface area contributed by atoms with E-state index in [1.165, 1.54) is 30.4 Å². The highest BCUT2D eigenvalue weighted by Gasteiger charge is 2.12. The quantitative estimate of drug-likeness (QED) is 0.674. The van der Waals surface area contributed by atoms with E-state index in [4.69, 9.17) is 0 Å². The van der Waals surface area contributed by atoms with Gasteiger partial charge in [-0.3, -0.25) is 0 Å². The van der Waals surface area contributed by atoms with Crippen LogP contribution in [0.4, 0.5) is 0 Å². The van der Waals surface area contributed by atoms with E-state index in [0.717, 1.165) is 12.3 Å². The van der Waals surface area contributed by atoms with Crippen molar-refractivity contribution in [3.8, 4) is 0 Å². The second-order valence-corrected chi connectivity index (χ2v) is 6.26. The monoisotopic (exact) mass is 261 g/mol. The Hall–Kier alpha value is -0.820. The molecule has 0 aromatic heterocycles. The van der Waals surface area contributed by atoms with Gasteiger partial charge >= 0.3 is 0 Å². The zero-order chi connectivity index (χ0) is 14.3. The molecule has 1 N–H and O–H groups in total. The van der Waals surface area contributed by atoms with Crippen molar-refractivity contribution < 1.29 is 0 Å². The molecular formula is C18H31N. The maximum absolute atomic E-state index is 3.78. The van der Waals surface area contributed by atoms with Crippen LogP contribution in [0.15, 0.2) is 24.3 Å². The number of aryl methyl sites for hydroxylation is 1. The Labute approximate surface area is 119 Å². The van der Waals surface area contributed by atoms with Crippen LogP contribution in [-0.4, -0.2) is 6.04 Å². The van der Waals surface area contributed by atoms with Crippen molar-refractivity contribution in [1.82, 2.24) is 5.32 Å². The minimum atomic E-state index is 0.495. The third kappa shape index (κ3) is 6.24. The molecule has 108 valence electrons. The summed E-state index contributed by atoms with van der Waals surface area (Å²) in [6, 6.07) is 10.0. The molecule has 1 aromatic carbocycles. The SMILES string of the molecule is CCC(NC(C)CCCC(C)C)c1ccc(C)cc1. The first-order valence-electron chi connectivity index (χ1n) is 7.85. The van der Waals surface area contributed by atoms with E-state index in [-0.39, 0.29) is 0 Å². The average molecular weight is 261 g/mol. The van der Waals surface area contributed by atoms with Crippen molar-refractivity contribution in [2.45, 2.75) is 72.4 Å². The summed E-state index contributed by atoms with van der Waals surface area (Å²) < 4.78 is 0. The molecule has 0 fully saturated rings. The molecule has 0 amide bonds. The molecule has 2 unspecified atom stereocenters. The fourth-order valence-corrected chi connectivity index (χ4v) is 2.51. The molecule has 0 aliphatic rings. The third-order valence-corrected chi connectivity index (χ3v) is 3.79. The van der Waals surface area contributed by atoms with Crippen LogP contribution in [0.2, 0.25) is 0 Å². The van der Waals surface area contributed by atoms with Crippen molar-refractivity contribution in [3.63, 3.8) is 0 Å². The Morgan fingerprint density at radius 1 is 1.00 bits per heavy atom. The van der Waals surface area contributed by atoms with E-state index in [2.05, 4.69) is 64.2 Å². The minimum Gasteiger partial charge on any atom is -0.307 e. The molecule has 0 spiro atoms.